The summed E-state index contributed by atoms with van der Waals surface area (Å²) in [5.41, 5.74) is 1.02. The molecule has 0 radical (unpaired) electrons. The average Bonchev–Trinajstić information content (AvgIpc) is 2.44. The van der Waals surface area contributed by atoms with Crippen LogP contribution in [0.4, 0.5) is 0 Å². The zero-order valence-electron chi connectivity index (χ0n) is 11.8. The molecule has 0 aliphatic rings. The van der Waals surface area contributed by atoms with Crippen molar-refractivity contribution in [3.63, 3.8) is 0 Å². The van der Waals surface area contributed by atoms with Crippen LogP contribution in [0.1, 0.15) is 38.2 Å². The van der Waals surface area contributed by atoms with Crippen LogP contribution in [0, 0.1) is 0 Å². The van der Waals surface area contributed by atoms with Crippen molar-refractivity contribution in [2.75, 3.05) is 13.7 Å². The minimum atomic E-state index is -0.467. The van der Waals surface area contributed by atoms with Crippen molar-refractivity contribution in [2.24, 2.45) is 0 Å². The van der Waals surface area contributed by atoms with E-state index in [0.717, 1.165) is 11.3 Å². The summed E-state index contributed by atoms with van der Waals surface area (Å²) in [5, 5.41) is 12.1. The predicted molar refractivity (Wildman–Crippen MR) is 75.3 cm³/mol. The van der Waals surface area contributed by atoms with Crippen LogP contribution >= 0.6 is 0 Å². The number of nitrogens with one attached hydrogen (secondary N) is 1. The second kappa shape index (κ2) is 7.79. The molecule has 1 amide bonds. The minimum Gasteiger partial charge on any atom is -0.496 e. The van der Waals surface area contributed by atoms with Crippen LogP contribution in [-0.4, -0.2) is 30.8 Å². The van der Waals surface area contributed by atoms with E-state index in [1.54, 1.807) is 7.11 Å². The Morgan fingerprint density at radius 2 is 2.11 bits per heavy atom. The molecule has 0 spiro atoms. The van der Waals surface area contributed by atoms with Crippen molar-refractivity contribution in [3.05, 3.63) is 29.8 Å². The summed E-state index contributed by atoms with van der Waals surface area (Å²) in [5.74, 6) is 0.831. The van der Waals surface area contributed by atoms with Gasteiger partial charge in [-0.2, -0.15) is 0 Å². The number of carbonyl (C=O) groups is 1. The summed E-state index contributed by atoms with van der Waals surface area (Å²) in [7, 11) is 1.63. The van der Waals surface area contributed by atoms with Crippen molar-refractivity contribution < 1.29 is 14.6 Å². The van der Waals surface area contributed by atoms with Crippen molar-refractivity contribution in [3.8, 4) is 5.75 Å². The van der Waals surface area contributed by atoms with Gasteiger partial charge in [0.1, 0.15) is 5.75 Å². The van der Waals surface area contributed by atoms with E-state index in [4.69, 9.17) is 4.74 Å². The highest BCUT2D eigenvalue weighted by Crippen LogP contribution is 2.28. The quantitative estimate of drug-likeness (QED) is 0.793. The molecule has 4 heteroatoms. The number of para-hydroxylation sites is 1. The first-order chi connectivity index (χ1) is 9.08. The molecule has 0 aliphatic heterocycles. The Morgan fingerprint density at radius 3 is 2.74 bits per heavy atom. The normalized spacial score (nSPS) is 13.7. The van der Waals surface area contributed by atoms with Gasteiger partial charge < -0.3 is 15.2 Å². The van der Waals surface area contributed by atoms with Crippen LogP contribution in [0.2, 0.25) is 0 Å². The number of aliphatic hydroxyl groups excluding tert-OH is 1. The van der Waals surface area contributed by atoms with Gasteiger partial charge in [0.05, 0.1) is 13.2 Å². The third-order valence-electron chi connectivity index (χ3n) is 3.17. The van der Waals surface area contributed by atoms with Gasteiger partial charge in [-0.1, -0.05) is 32.0 Å². The van der Waals surface area contributed by atoms with Crippen LogP contribution in [0.25, 0.3) is 0 Å². The predicted octanol–water partition coefficient (Wildman–Crippen LogP) is 2.08. The van der Waals surface area contributed by atoms with Gasteiger partial charge in [-0.05, 0) is 24.0 Å². The molecule has 1 aromatic rings. The fourth-order valence-electron chi connectivity index (χ4n) is 1.91. The zero-order valence-corrected chi connectivity index (χ0v) is 11.8. The molecule has 0 aliphatic carbocycles. The van der Waals surface area contributed by atoms with Crippen molar-refractivity contribution >= 4 is 5.91 Å². The summed E-state index contributed by atoms with van der Waals surface area (Å²) in [4.78, 5) is 11.8. The average molecular weight is 265 g/mol. The molecular formula is C15H23NO3. The lowest BCUT2D eigenvalue weighted by Gasteiger charge is -2.16. The number of hydrogen-bond donors (Lipinski definition) is 2. The molecule has 0 heterocycles. The molecule has 2 N–H and O–H groups in total. The maximum Gasteiger partial charge on any atom is 0.220 e. The highest BCUT2D eigenvalue weighted by Gasteiger charge is 2.15. The standard InChI is InChI=1S/C15H23NO3/c1-4-12(17)10-16-15(18)9-11(2)13-7-5-6-8-14(13)19-3/h5-8,11-12,17H,4,9-10H2,1-3H3,(H,16,18)/t11-,12+/m0/s1. The summed E-state index contributed by atoms with van der Waals surface area (Å²) >= 11 is 0. The summed E-state index contributed by atoms with van der Waals surface area (Å²) < 4.78 is 5.29. The second-order valence-corrected chi connectivity index (χ2v) is 4.71. The van der Waals surface area contributed by atoms with Crippen molar-refractivity contribution in [1.29, 1.82) is 0 Å². The Labute approximate surface area is 114 Å². The largest absolute Gasteiger partial charge is 0.496 e. The fourth-order valence-corrected chi connectivity index (χ4v) is 1.91. The monoisotopic (exact) mass is 265 g/mol. The lowest BCUT2D eigenvalue weighted by atomic mass is 9.96. The molecular weight excluding hydrogens is 242 g/mol. The van der Waals surface area contributed by atoms with Gasteiger partial charge >= 0.3 is 0 Å². The van der Waals surface area contributed by atoms with Crippen LogP contribution in [0.5, 0.6) is 5.75 Å². The Morgan fingerprint density at radius 1 is 1.42 bits per heavy atom. The highest BCUT2D eigenvalue weighted by molar-refractivity contribution is 5.77. The number of benzene rings is 1. The molecule has 0 saturated carbocycles. The Kier molecular flexibility index (Phi) is 6.36. The van der Waals surface area contributed by atoms with E-state index in [1.165, 1.54) is 0 Å². The highest BCUT2D eigenvalue weighted by atomic mass is 16.5. The van der Waals surface area contributed by atoms with Gasteiger partial charge in [0.2, 0.25) is 5.91 Å². The van der Waals surface area contributed by atoms with Crippen LogP contribution in [0.3, 0.4) is 0 Å². The first-order valence-corrected chi connectivity index (χ1v) is 6.66. The van der Waals surface area contributed by atoms with E-state index in [9.17, 15) is 9.90 Å². The lowest BCUT2D eigenvalue weighted by Crippen LogP contribution is -2.32. The SMILES string of the molecule is CC[C@@H](O)CNC(=O)C[C@H](C)c1ccccc1OC. The molecule has 0 unspecified atom stereocenters. The molecule has 0 fully saturated rings. The number of aliphatic hydroxyl groups is 1. The number of hydrogen-bond acceptors (Lipinski definition) is 3. The van der Waals surface area contributed by atoms with Crippen molar-refractivity contribution in [1.82, 2.24) is 5.32 Å². The summed E-state index contributed by atoms with van der Waals surface area (Å²) in [6.07, 6.45) is 0.560. The van der Waals surface area contributed by atoms with Gasteiger partial charge in [-0.25, -0.2) is 0 Å². The van der Waals surface area contributed by atoms with Gasteiger partial charge in [0.25, 0.3) is 0 Å². The van der Waals surface area contributed by atoms with E-state index in [-0.39, 0.29) is 11.8 Å². The topological polar surface area (TPSA) is 58.6 Å². The molecule has 1 aromatic carbocycles. The maximum atomic E-state index is 11.8. The maximum absolute atomic E-state index is 11.8. The van der Waals surface area contributed by atoms with E-state index in [2.05, 4.69) is 5.32 Å². The Balaban J connectivity index is 2.54. The molecule has 0 saturated heterocycles. The van der Waals surface area contributed by atoms with E-state index >= 15 is 0 Å². The molecule has 2 atom stereocenters. The van der Waals surface area contributed by atoms with Gasteiger partial charge in [-0.15, -0.1) is 0 Å². The van der Waals surface area contributed by atoms with E-state index in [1.807, 2.05) is 38.1 Å². The number of amides is 1. The third kappa shape index (κ3) is 4.91. The number of carbonyl (C=O) groups excluding carboxylic acids is 1. The first kappa shape index (κ1) is 15.5. The summed E-state index contributed by atoms with van der Waals surface area (Å²) in [6.45, 7) is 4.19. The molecule has 19 heavy (non-hydrogen) atoms. The smallest absolute Gasteiger partial charge is 0.220 e. The number of rotatable bonds is 7. The number of ether oxygens (including phenoxy) is 1. The molecule has 1 rings (SSSR count). The van der Waals surface area contributed by atoms with Crippen LogP contribution in [-0.2, 0) is 4.79 Å². The first-order valence-electron chi connectivity index (χ1n) is 6.66. The van der Waals surface area contributed by atoms with Gasteiger partial charge in [-0.3, -0.25) is 4.79 Å². The molecule has 0 aromatic heterocycles. The van der Waals surface area contributed by atoms with Crippen molar-refractivity contribution in [2.45, 2.75) is 38.7 Å². The second-order valence-electron chi connectivity index (χ2n) is 4.71. The number of methoxy groups -OCH3 is 1. The van der Waals surface area contributed by atoms with E-state index < -0.39 is 6.10 Å². The minimum absolute atomic E-state index is 0.0501. The Hall–Kier alpha value is -1.55. The Bertz CT molecular complexity index is 406. The third-order valence-corrected chi connectivity index (χ3v) is 3.17. The van der Waals surface area contributed by atoms with Gasteiger partial charge in [0, 0.05) is 13.0 Å². The van der Waals surface area contributed by atoms with Gasteiger partial charge in [0.15, 0.2) is 0 Å². The van der Waals surface area contributed by atoms with Crippen LogP contribution in [0.15, 0.2) is 24.3 Å². The van der Waals surface area contributed by atoms with Crippen LogP contribution < -0.4 is 10.1 Å². The molecule has 0 bridgehead atoms. The zero-order chi connectivity index (χ0) is 14.3. The lowest BCUT2D eigenvalue weighted by molar-refractivity contribution is -0.121. The molecule has 106 valence electrons. The fraction of sp³-hybridized carbons (Fsp3) is 0.533. The summed E-state index contributed by atoms with van der Waals surface area (Å²) in [6, 6.07) is 7.71. The van der Waals surface area contributed by atoms with E-state index in [0.29, 0.717) is 19.4 Å². The molecule has 4 nitrogen and oxygen atoms in total.